The van der Waals surface area contributed by atoms with E-state index in [0.29, 0.717) is 17.8 Å². The van der Waals surface area contributed by atoms with Gasteiger partial charge in [0.1, 0.15) is 0 Å². The van der Waals surface area contributed by atoms with Crippen LogP contribution >= 0.6 is 0 Å². The SMILES string of the molecule is C=C1CC[C@@]2(C)C(C=C[C@@H]3[C@H]2CC[C@]2(C)C(O)CC[C@@H]32)C1=O. The Bertz CT molecular complexity index is 562. The molecule has 0 radical (unpaired) electrons. The van der Waals surface area contributed by atoms with E-state index >= 15 is 0 Å². The summed E-state index contributed by atoms with van der Waals surface area (Å²) in [5.41, 5.74) is 1.02. The van der Waals surface area contributed by atoms with Gasteiger partial charge in [0.25, 0.3) is 0 Å². The van der Waals surface area contributed by atoms with Crippen LogP contribution in [0.5, 0.6) is 0 Å². The van der Waals surface area contributed by atoms with Crippen molar-refractivity contribution in [1.82, 2.24) is 0 Å². The predicted molar refractivity (Wildman–Crippen MR) is 87.2 cm³/mol. The molecule has 2 unspecified atom stereocenters. The van der Waals surface area contributed by atoms with Crippen LogP contribution in [-0.2, 0) is 4.79 Å². The molecule has 0 aromatic heterocycles. The van der Waals surface area contributed by atoms with Crippen LogP contribution in [0.3, 0.4) is 0 Å². The van der Waals surface area contributed by atoms with Gasteiger partial charge in [-0.25, -0.2) is 0 Å². The molecule has 4 rings (SSSR count). The molecular weight excluding hydrogens is 272 g/mol. The first kappa shape index (κ1) is 14.7. The molecule has 0 aromatic carbocycles. The maximum absolute atomic E-state index is 12.6. The fourth-order valence-corrected chi connectivity index (χ4v) is 6.39. The fourth-order valence-electron chi connectivity index (χ4n) is 6.39. The van der Waals surface area contributed by atoms with Crippen molar-refractivity contribution in [3.8, 4) is 0 Å². The number of hydrogen-bond acceptors (Lipinski definition) is 2. The van der Waals surface area contributed by atoms with Gasteiger partial charge in [0.2, 0.25) is 0 Å². The molecule has 22 heavy (non-hydrogen) atoms. The van der Waals surface area contributed by atoms with Gasteiger partial charge < -0.3 is 5.11 Å². The minimum atomic E-state index is -0.134. The van der Waals surface area contributed by atoms with E-state index in [-0.39, 0.29) is 28.6 Å². The van der Waals surface area contributed by atoms with Crippen molar-refractivity contribution in [3.05, 3.63) is 24.3 Å². The standard InChI is InChI=1S/C20H28O2/c1-12-8-10-19(2)15-9-11-20(3)14(6-7-17(20)21)13(15)4-5-16(19)18(12)22/h4-5,13-17,21H,1,6-11H2,2-3H3/t13-,14-,15+,16?,17?,19+,20-/m0/s1. The summed E-state index contributed by atoms with van der Waals surface area (Å²) in [6.45, 7) is 8.62. The van der Waals surface area contributed by atoms with Crippen molar-refractivity contribution >= 4 is 5.78 Å². The molecule has 4 aliphatic carbocycles. The van der Waals surface area contributed by atoms with Gasteiger partial charge in [-0.3, -0.25) is 4.79 Å². The number of ketones is 1. The molecule has 3 saturated carbocycles. The Morgan fingerprint density at radius 1 is 1.09 bits per heavy atom. The monoisotopic (exact) mass is 300 g/mol. The van der Waals surface area contributed by atoms with Crippen molar-refractivity contribution < 1.29 is 9.90 Å². The number of carbonyl (C=O) groups excluding carboxylic acids is 1. The first-order valence-electron chi connectivity index (χ1n) is 8.96. The quantitative estimate of drug-likeness (QED) is 0.544. The van der Waals surface area contributed by atoms with E-state index < -0.39 is 0 Å². The Labute approximate surface area is 133 Å². The first-order chi connectivity index (χ1) is 10.4. The summed E-state index contributed by atoms with van der Waals surface area (Å²) >= 11 is 0. The van der Waals surface area contributed by atoms with Gasteiger partial charge in [-0.05, 0) is 72.7 Å². The van der Waals surface area contributed by atoms with Crippen molar-refractivity contribution in [3.63, 3.8) is 0 Å². The molecule has 2 heteroatoms. The fraction of sp³-hybridized carbons (Fsp3) is 0.750. The van der Waals surface area contributed by atoms with Crippen LogP contribution in [0.25, 0.3) is 0 Å². The highest BCUT2D eigenvalue weighted by Crippen LogP contribution is 2.64. The predicted octanol–water partition coefficient (Wildman–Crippen LogP) is 3.90. The first-order valence-corrected chi connectivity index (χ1v) is 8.96. The molecule has 0 aromatic rings. The molecule has 2 nitrogen and oxygen atoms in total. The second kappa shape index (κ2) is 4.56. The number of rotatable bonds is 0. The molecule has 3 fully saturated rings. The molecule has 0 saturated heterocycles. The van der Waals surface area contributed by atoms with Gasteiger partial charge in [-0.1, -0.05) is 32.6 Å². The Morgan fingerprint density at radius 2 is 1.82 bits per heavy atom. The molecule has 0 heterocycles. The summed E-state index contributed by atoms with van der Waals surface area (Å²) in [7, 11) is 0. The lowest BCUT2D eigenvalue weighted by Gasteiger charge is -2.57. The summed E-state index contributed by atoms with van der Waals surface area (Å²) in [6, 6.07) is 0. The molecule has 0 spiro atoms. The summed E-state index contributed by atoms with van der Waals surface area (Å²) in [6.07, 6.45) is 10.7. The van der Waals surface area contributed by atoms with Crippen LogP contribution in [-0.4, -0.2) is 17.0 Å². The van der Waals surface area contributed by atoms with Gasteiger partial charge in [0, 0.05) is 5.92 Å². The van der Waals surface area contributed by atoms with Crippen molar-refractivity contribution in [1.29, 1.82) is 0 Å². The zero-order valence-electron chi connectivity index (χ0n) is 13.8. The Balaban J connectivity index is 1.73. The van der Waals surface area contributed by atoms with Crippen LogP contribution in [0, 0.1) is 34.5 Å². The maximum atomic E-state index is 12.6. The Morgan fingerprint density at radius 3 is 2.59 bits per heavy atom. The van der Waals surface area contributed by atoms with E-state index in [2.05, 4.69) is 32.6 Å². The van der Waals surface area contributed by atoms with Crippen molar-refractivity contribution in [2.24, 2.45) is 34.5 Å². The molecule has 0 aliphatic heterocycles. The number of Topliss-reactive ketones (excluding diaryl/α,β-unsaturated/α-hetero) is 1. The molecule has 0 bridgehead atoms. The number of carbonyl (C=O) groups is 1. The minimum Gasteiger partial charge on any atom is -0.393 e. The summed E-state index contributed by atoms with van der Waals surface area (Å²) in [4.78, 5) is 12.6. The lowest BCUT2D eigenvalue weighted by molar-refractivity contribution is -0.130. The van der Waals surface area contributed by atoms with Crippen LogP contribution in [0.4, 0.5) is 0 Å². The highest BCUT2D eigenvalue weighted by Gasteiger charge is 2.59. The van der Waals surface area contributed by atoms with E-state index in [4.69, 9.17) is 0 Å². The van der Waals surface area contributed by atoms with E-state index in [1.54, 1.807) is 0 Å². The highest BCUT2D eigenvalue weighted by atomic mass is 16.3. The topological polar surface area (TPSA) is 37.3 Å². The summed E-state index contributed by atoms with van der Waals surface area (Å²) < 4.78 is 0. The lowest BCUT2D eigenvalue weighted by Crippen LogP contribution is -2.53. The van der Waals surface area contributed by atoms with Crippen LogP contribution in [0.15, 0.2) is 24.3 Å². The third-order valence-electron chi connectivity index (χ3n) is 7.96. The van der Waals surface area contributed by atoms with Gasteiger partial charge in [-0.2, -0.15) is 0 Å². The molecule has 1 N–H and O–H groups in total. The Kier molecular flexibility index (Phi) is 3.05. The van der Waals surface area contributed by atoms with E-state index in [0.717, 1.165) is 44.1 Å². The Hall–Kier alpha value is -0.890. The maximum Gasteiger partial charge on any atom is 0.165 e. The number of fused-ring (bicyclic) bond motifs is 5. The smallest absolute Gasteiger partial charge is 0.165 e. The number of aliphatic hydroxyl groups excluding tert-OH is 1. The largest absolute Gasteiger partial charge is 0.393 e. The summed E-state index contributed by atoms with van der Waals surface area (Å²) in [5, 5.41) is 10.5. The molecule has 7 atom stereocenters. The minimum absolute atomic E-state index is 0.0469. The third kappa shape index (κ3) is 1.68. The van der Waals surface area contributed by atoms with E-state index in [1.165, 1.54) is 0 Å². The average Bonchev–Trinajstić information content (AvgIpc) is 2.79. The summed E-state index contributed by atoms with van der Waals surface area (Å²) in [5.74, 6) is 2.07. The normalized spacial score (nSPS) is 53.9. The van der Waals surface area contributed by atoms with Crippen molar-refractivity contribution in [2.75, 3.05) is 0 Å². The average molecular weight is 300 g/mol. The molecule has 0 amide bonds. The second-order valence-corrected chi connectivity index (χ2v) is 8.76. The van der Waals surface area contributed by atoms with Crippen LogP contribution in [0.1, 0.15) is 52.4 Å². The van der Waals surface area contributed by atoms with Crippen molar-refractivity contribution in [2.45, 2.75) is 58.5 Å². The molecule has 120 valence electrons. The number of allylic oxidation sites excluding steroid dienone is 3. The zero-order chi connectivity index (χ0) is 15.7. The lowest BCUT2D eigenvalue weighted by atomic mass is 9.47. The van der Waals surface area contributed by atoms with Gasteiger partial charge >= 0.3 is 0 Å². The number of hydrogen-bond donors (Lipinski definition) is 1. The third-order valence-corrected chi connectivity index (χ3v) is 7.96. The number of aliphatic hydroxyl groups is 1. The second-order valence-electron chi connectivity index (χ2n) is 8.76. The molecular formula is C20H28O2. The molecule has 4 aliphatic rings. The van der Waals surface area contributed by atoms with Gasteiger partial charge in [0.15, 0.2) is 5.78 Å². The highest BCUT2D eigenvalue weighted by molar-refractivity contribution is 5.99. The van der Waals surface area contributed by atoms with E-state index in [9.17, 15) is 9.90 Å². The van der Waals surface area contributed by atoms with Gasteiger partial charge in [0.05, 0.1) is 6.10 Å². The van der Waals surface area contributed by atoms with Gasteiger partial charge in [-0.15, -0.1) is 0 Å². The van der Waals surface area contributed by atoms with Crippen LogP contribution < -0.4 is 0 Å². The van der Waals surface area contributed by atoms with Crippen LogP contribution in [0.2, 0.25) is 0 Å². The zero-order valence-corrected chi connectivity index (χ0v) is 13.8. The van der Waals surface area contributed by atoms with E-state index in [1.807, 2.05) is 0 Å².